The number of amides is 1. The van der Waals surface area contributed by atoms with Gasteiger partial charge in [0.05, 0.1) is 25.4 Å². The van der Waals surface area contributed by atoms with Gasteiger partial charge >= 0.3 is 5.97 Å². The lowest BCUT2D eigenvalue weighted by atomic mass is 10.0. The molecule has 3 N–H and O–H groups in total. The van der Waals surface area contributed by atoms with Crippen molar-refractivity contribution in [2.75, 3.05) is 13.2 Å². The predicted molar refractivity (Wildman–Crippen MR) is 343 cm³/mol. The fourth-order valence-corrected chi connectivity index (χ4v) is 11.9. The van der Waals surface area contributed by atoms with Crippen LogP contribution >= 0.6 is 0 Å². The monoisotopic (exact) mass is 1100 g/mol. The number of carbonyl (C=O) groups is 2. The minimum Gasteiger partial charge on any atom is -0.466 e. The summed E-state index contributed by atoms with van der Waals surface area (Å²) < 4.78 is 5.49. The summed E-state index contributed by atoms with van der Waals surface area (Å²) in [4.78, 5) is 24.6. The standard InChI is InChI=1S/C72H143NO5/c1-3-5-7-9-11-13-15-17-18-19-31-34-37-41-44-48-52-56-60-64-70(75)69(68-74)73-71(76)65-61-57-53-49-45-42-38-35-32-29-27-25-23-21-20-22-24-26-28-30-33-36-39-43-47-51-55-59-63-67-78-72(77)66-62-58-54-50-46-40-16-14-12-10-8-6-4-2/h69-70,74-75H,3-68H2,1-2H3,(H,73,76). The van der Waals surface area contributed by atoms with Crippen LogP contribution in [0.4, 0.5) is 0 Å². The molecule has 0 heterocycles. The van der Waals surface area contributed by atoms with E-state index in [-0.39, 0.29) is 18.5 Å². The third kappa shape index (κ3) is 64.0. The van der Waals surface area contributed by atoms with E-state index in [0.29, 0.717) is 25.9 Å². The maximum absolute atomic E-state index is 12.5. The molecule has 0 rings (SSSR count). The van der Waals surface area contributed by atoms with Crippen LogP contribution in [0.2, 0.25) is 0 Å². The molecular weight excluding hydrogens is 959 g/mol. The van der Waals surface area contributed by atoms with Gasteiger partial charge in [0.2, 0.25) is 5.91 Å². The van der Waals surface area contributed by atoms with Gasteiger partial charge in [0.15, 0.2) is 0 Å². The third-order valence-corrected chi connectivity index (χ3v) is 17.4. The first-order chi connectivity index (χ1) is 38.5. The Hall–Kier alpha value is -1.14. The van der Waals surface area contributed by atoms with Crippen LogP contribution in [0.5, 0.6) is 0 Å². The van der Waals surface area contributed by atoms with Crippen molar-refractivity contribution in [1.29, 1.82) is 0 Å². The van der Waals surface area contributed by atoms with Crippen molar-refractivity contribution in [1.82, 2.24) is 5.32 Å². The molecule has 0 aliphatic rings. The van der Waals surface area contributed by atoms with Crippen molar-refractivity contribution >= 4 is 11.9 Å². The molecule has 0 spiro atoms. The highest BCUT2D eigenvalue weighted by Gasteiger charge is 2.20. The zero-order chi connectivity index (χ0) is 56.4. The van der Waals surface area contributed by atoms with Gasteiger partial charge in [-0.15, -0.1) is 0 Å². The lowest BCUT2D eigenvalue weighted by Gasteiger charge is -2.22. The summed E-state index contributed by atoms with van der Waals surface area (Å²) in [7, 11) is 0. The molecule has 0 fully saturated rings. The lowest BCUT2D eigenvalue weighted by molar-refractivity contribution is -0.143. The molecule has 0 aliphatic carbocycles. The van der Waals surface area contributed by atoms with Crippen molar-refractivity contribution < 1.29 is 24.5 Å². The average molecular weight is 1100 g/mol. The van der Waals surface area contributed by atoms with Crippen molar-refractivity contribution in [3.63, 3.8) is 0 Å². The Morgan fingerprint density at radius 1 is 0.308 bits per heavy atom. The Labute approximate surface area is 489 Å². The number of esters is 1. The van der Waals surface area contributed by atoms with Crippen LogP contribution in [0.1, 0.15) is 425 Å². The number of rotatable bonds is 69. The van der Waals surface area contributed by atoms with Crippen LogP contribution in [-0.2, 0) is 14.3 Å². The van der Waals surface area contributed by atoms with Crippen molar-refractivity contribution in [3.8, 4) is 0 Å². The van der Waals surface area contributed by atoms with Gasteiger partial charge < -0.3 is 20.3 Å². The van der Waals surface area contributed by atoms with Gasteiger partial charge in [-0.05, 0) is 25.7 Å². The van der Waals surface area contributed by atoms with E-state index in [1.807, 2.05) is 0 Å². The Morgan fingerprint density at radius 2 is 0.526 bits per heavy atom. The molecule has 466 valence electrons. The van der Waals surface area contributed by atoms with E-state index in [1.165, 1.54) is 353 Å². The van der Waals surface area contributed by atoms with Crippen LogP contribution in [0.3, 0.4) is 0 Å². The Bertz CT molecular complexity index is 1130. The van der Waals surface area contributed by atoms with Gasteiger partial charge in [-0.3, -0.25) is 9.59 Å². The second kappa shape index (κ2) is 68.4. The fourth-order valence-electron chi connectivity index (χ4n) is 11.9. The number of hydrogen-bond donors (Lipinski definition) is 3. The number of aliphatic hydroxyl groups is 2. The maximum atomic E-state index is 12.5. The quantitative estimate of drug-likeness (QED) is 0.0417. The van der Waals surface area contributed by atoms with E-state index in [1.54, 1.807) is 0 Å². The fraction of sp³-hybridized carbons (Fsp3) is 0.972. The molecule has 0 aromatic carbocycles. The van der Waals surface area contributed by atoms with E-state index in [9.17, 15) is 19.8 Å². The molecular formula is C72H143NO5. The Morgan fingerprint density at radius 3 is 0.782 bits per heavy atom. The third-order valence-electron chi connectivity index (χ3n) is 17.4. The summed E-state index contributed by atoms with van der Waals surface area (Å²) in [5.41, 5.74) is 0. The van der Waals surface area contributed by atoms with Gasteiger partial charge in [-0.2, -0.15) is 0 Å². The van der Waals surface area contributed by atoms with E-state index < -0.39 is 12.1 Å². The van der Waals surface area contributed by atoms with Gasteiger partial charge in [-0.1, -0.05) is 386 Å². The maximum Gasteiger partial charge on any atom is 0.305 e. The van der Waals surface area contributed by atoms with Gasteiger partial charge in [0.25, 0.3) is 0 Å². The van der Waals surface area contributed by atoms with Crippen molar-refractivity contribution in [3.05, 3.63) is 0 Å². The summed E-state index contributed by atoms with van der Waals surface area (Å²) in [5, 5.41) is 23.4. The number of nitrogens with one attached hydrogen (secondary N) is 1. The lowest BCUT2D eigenvalue weighted by Crippen LogP contribution is -2.45. The SMILES string of the molecule is CCCCCCCCCCCCCCCCCCCCCC(O)C(CO)NC(=O)CCCCCCCCCCCCCCCCCCCCCCCCCCCCCCCOC(=O)CCCCCCCCCCCCCCC. The molecule has 6 nitrogen and oxygen atoms in total. The summed E-state index contributed by atoms with van der Waals surface area (Å²) in [6.07, 6.45) is 83.0. The summed E-state index contributed by atoms with van der Waals surface area (Å²) >= 11 is 0. The van der Waals surface area contributed by atoms with Crippen LogP contribution in [-0.4, -0.2) is 47.4 Å². The van der Waals surface area contributed by atoms with E-state index in [4.69, 9.17) is 4.74 Å². The topological polar surface area (TPSA) is 95.9 Å². The minimum absolute atomic E-state index is 0.0223. The first-order valence-electron chi connectivity index (χ1n) is 36.3. The summed E-state index contributed by atoms with van der Waals surface area (Å²) in [6.45, 7) is 5.01. The molecule has 0 saturated heterocycles. The predicted octanol–water partition coefficient (Wildman–Crippen LogP) is 23.4. The first-order valence-corrected chi connectivity index (χ1v) is 36.3. The van der Waals surface area contributed by atoms with Crippen LogP contribution in [0.25, 0.3) is 0 Å². The van der Waals surface area contributed by atoms with Crippen LogP contribution in [0.15, 0.2) is 0 Å². The summed E-state index contributed by atoms with van der Waals surface area (Å²) in [5.74, 6) is -0.00393. The first kappa shape index (κ1) is 76.9. The molecule has 0 aliphatic heterocycles. The molecule has 2 atom stereocenters. The van der Waals surface area contributed by atoms with Gasteiger partial charge in [0, 0.05) is 12.8 Å². The molecule has 0 bridgehead atoms. The molecule has 78 heavy (non-hydrogen) atoms. The summed E-state index contributed by atoms with van der Waals surface area (Å²) in [6, 6.07) is -0.538. The molecule has 1 amide bonds. The molecule has 0 saturated carbocycles. The van der Waals surface area contributed by atoms with E-state index in [2.05, 4.69) is 19.2 Å². The zero-order valence-corrected chi connectivity index (χ0v) is 53.4. The highest BCUT2D eigenvalue weighted by Crippen LogP contribution is 2.20. The molecule has 2 unspecified atom stereocenters. The van der Waals surface area contributed by atoms with E-state index >= 15 is 0 Å². The second-order valence-electron chi connectivity index (χ2n) is 25.3. The number of unbranched alkanes of at least 4 members (excludes halogenated alkanes) is 58. The van der Waals surface area contributed by atoms with E-state index in [0.717, 1.165) is 38.5 Å². The Balaban J connectivity index is 3.33. The Kier molecular flexibility index (Phi) is 67.4. The molecule has 0 aromatic rings. The largest absolute Gasteiger partial charge is 0.466 e. The van der Waals surface area contributed by atoms with Crippen molar-refractivity contribution in [2.24, 2.45) is 0 Å². The zero-order valence-electron chi connectivity index (χ0n) is 53.4. The number of ether oxygens (including phenoxy) is 1. The second-order valence-corrected chi connectivity index (χ2v) is 25.3. The number of hydrogen-bond acceptors (Lipinski definition) is 5. The van der Waals surface area contributed by atoms with Gasteiger partial charge in [0.1, 0.15) is 0 Å². The number of aliphatic hydroxyl groups excluding tert-OH is 2. The van der Waals surface area contributed by atoms with Crippen LogP contribution in [0, 0.1) is 0 Å². The number of carbonyl (C=O) groups excluding carboxylic acids is 2. The van der Waals surface area contributed by atoms with Crippen LogP contribution < -0.4 is 5.32 Å². The molecule has 0 aromatic heterocycles. The highest BCUT2D eigenvalue weighted by molar-refractivity contribution is 5.76. The normalized spacial score (nSPS) is 12.4. The molecule has 0 radical (unpaired) electrons. The highest BCUT2D eigenvalue weighted by atomic mass is 16.5. The smallest absolute Gasteiger partial charge is 0.305 e. The van der Waals surface area contributed by atoms with Crippen molar-refractivity contribution in [2.45, 2.75) is 437 Å². The minimum atomic E-state index is -0.661. The van der Waals surface area contributed by atoms with Gasteiger partial charge in [-0.25, -0.2) is 0 Å². The average Bonchev–Trinajstić information content (AvgIpc) is 3.44. The molecule has 6 heteroatoms.